The van der Waals surface area contributed by atoms with Crippen LogP contribution in [0.25, 0.3) is 0 Å². The Balaban J connectivity index is 4.39. The van der Waals surface area contributed by atoms with Gasteiger partial charge in [0.25, 0.3) is 0 Å². The Hall–Kier alpha value is -1.18. The number of allylic oxidation sites excluding steroid dienone is 2. The van der Waals surface area contributed by atoms with E-state index in [1.807, 2.05) is 20.8 Å². The van der Waals surface area contributed by atoms with E-state index in [4.69, 9.17) is 0 Å². The van der Waals surface area contributed by atoms with Gasteiger partial charge >= 0.3 is 0 Å². The molecule has 66 valence electrons. The Labute approximate surface area is 74.4 Å². The van der Waals surface area contributed by atoms with Gasteiger partial charge in [-0.25, -0.2) is 9.98 Å². The lowest BCUT2D eigenvalue weighted by Crippen LogP contribution is -1.92. The van der Waals surface area contributed by atoms with Gasteiger partial charge in [-0.3, -0.25) is 0 Å². The molecule has 0 aliphatic heterocycles. The summed E-state index contributed by atoms with van der Waals surface area (Å²) in [5.41, 5.74) is 1.73. The van der Waals surface area contributed by atoms with Crippen molar-refractivity contribution < 1.29 is 0 Å². The number of aliphatic imine (C=N–C) groups is 2. The van der Waals surface area contributed by atoms with Gasteiger partial charge in [-0.2, -0.15) is 0 Å². The monoisotopic (exact) mass is 164 g/mol. The van der Waals surface area contributed by atoms with E-state index < -0.39 is 0 Å². The molecular formula is C10H16N2. The molecule has 0 radical (unpaired) electrons. The van der Waals surface area contributed by atoms with Crippen LogP contribution in [-0.2, 0) is 0 Å². The summed E-state index contributed by atoms with van der Waals surface area (Å²) in [6.45, 7) is 13.1. The quantitative estimate of drug-likeness (QED) is 0.452. The molecule has 12 heavy (non-hydrogen) atoms. The second-order valence-electron chi connectivity index (χ2n) is 2.54. The molecule has 0 saturated carbocycles. The molecule has 0 atom stereocenters. The van der Waals surface area contributed by atoms with Gasteiger partial charge in [0.05, 0.1) is 0 Å². The van der Waals surface area contributed by atoms with Gasteiger partial charge in [0.1, 0.15) is 5.84 Å². The fourth-order valence-corrected chi connectivity index (χ4v) is 0.634. The summed E-state index contributed by atoms with van der Waals surface area (Å²) >= 11 is 0. The van der Waals surface area contributed by atoms with Crippen LogP contribution in [0.1, 0.15) is 27.2 Å². The summed E-state index contributed by atoms with van der Waals surface area (Å²) in [5.74, 6) is 0.735. The van der Waals surface area contributed by atoms with E-state index in [2.05, 4.69) is 23.1 Å². The third kappa shape index (κ3) is 4.61. The highest BCUT2D eigenvalue weighted by Gasteiger charge is 1.89. The summed E-state index contributed by atoms with van der Waals surface area (Å²) < 4.78 is 0. The van der Waals surface area contributed by atoms with Crippen molar-refractivity contribution in [2.45, 2.75) is 27.2 Å². The number of nitrogens with zero attached hydrogens (tertiary/aromatic N) is 2. The minimum absolute atomic E-state index is 0.735. The number of hydrogen-bond donors (Lipinski definition) is 0. The van der Waals surface area contributed by atoms with E-state index in [1.54, 1.807) is 6.08 Å². The Bertz CT molecular complexity index is 234. The molecule has 0 spiro atoms. The normalized spacial score (nSPS) is 12.9. The predicted molar refractivity (Wildman–Crippen MR) is 55.8 cm³/mol. The first-order valence-electron chi connectivity index (χ1n) is 4.01. The maximum atomic E-state index is 4.17. The fraction of sp³-hybridized carbons (Fsp3) is 0.400. The first-order chi connectivity index (χ1) is 5.60. The molecule has 0 unspecified atom stereocenters. The molecule has 0 aromatic rings. The van der Waals surface area contributed by atoms with Crippen molar-refractivity contribution >= 4 is 11.5 Å². The lowest BCUT2D eigenvalue weighted by molar-refractivity contribution is 1.07. The van der Waals surface area contributed by atoms with Gasteiger partial charge in [-0.15, -0.1) is 0 Å². The fourth-order valence-electron chi connectivity index (χ4n) is 0.634. The molecule has 0 aliphatic carbocycles. The van der Waals surface area contributed by atoms with Gasteiger partial charge in [-0.05, 0) is 26.3 Å². The molecular weight excluding hydrogens is 148 g/mol. The van der Waals surface area contributed by atoms with E-state index in [0.717, 1.165) is 23.7 Å². The topological polar surface area (TPSA) is 24.7 Å². The zero-order valence-corrected chi connectivity index (χ0v) is 8.09. The smallest absolute Gasteiger partial charge is 0.125 e. The van der Waals surface area contributed by atoms with Gasteiger partial charge in [0.2, 0.25) is 0 Å². The summed E-state index contributed by atoms with van der Waals surface area (Å²) in [5, 5.41) is 0. The van der Waals surface area contributed by atoms with Crippen LogP contribution in [-0.4, -0.2) is 11.5 Å². The van der Waals surface area contributed by atoms with Crippen molar-refractivity contribution in [3.8, 4) is 0 Å². The highest BCUT2D eigenvalue weighted by Crippen LogP contribution is 1.99. The largest absolute Gasteiger partial charge is 0.239 e. The van der Waals surface area contributed by atoms with Crippen LogP contribution in [0.5, 0.6) is 0 Å². The van der Waals surface area contributed by atoms with E-state index >= 15 is 0 Å². The number of rotatable bonds is 3. The average Bonchev–Trinajstić information content (AvgIpc) is 2.03. The van der Waals surface area contributed by atoms with Crippen molar-refractivity contribution in [3.05, 3.63) is 24.9 Å². The van der Waals surface area contributed by atoms with Crippen molar-refractivity contribution in [1.29, 1.82) is 0 Å². The first-order valence-corrected chi connectivity index (χ1v) is 4.01. The molecule has 0 aromatic carbocycles. The molecule has 0 rings (SSSR count). The molecule has 0 saturated heterocycles. The minimum Gasteiger partial charge on any atom is -0.239 e. The Kier molecular flexibility index (Phi) is 4.93. The summed E-state index contributed by atoms with van der Waals surface area (Å²) in [6.07, 6.45) is 2.56. The highest BCUT2D eigenvalue weighted by atomic mass is 14.9. The standard InChI is InChI=1S/C10H16N2/c1-6-8(3)11-10(5)12-9(4)7-2/h6H,1,4,7H2,2-3,5H3. The second kappa shape index (κ2) is 5.47. The zero-order chi connectivity index (χ0) is 9.56. The Morgan fingerprint density at radius 1 is 1.33 bits per heavy atom. The number of amidine groups is 1. The third-order valence-electron chi connectivity index (χ3n) is 1.36. The molecule has 2 nitrogen and oxygen atoms in total. The second-order valence-corrected chi connectivity index (χ2v) is 2.54. The van der Waals surface area contributed by atoms with Crippen LogP contribution in [0.2, 0.25) is 0 Å². The van der Waals surface area contributed by atoms with E-state index in [1.165, 1.54) is 0 Å². The van der Waals surface area contributed by atoms with Gasteiger partial charge in [-0.1, -0.05) is 20.1 Å². The third-order valence-corrected chi connectivity index (χ3v) is 1.36. The van der Waals surface area contributed by atoms with Crippen molar-refractivity contribution in [2.75, 3.05) is 0 Å². The molecule has 2 heteroatoms. The first kappa shape index (κ1) is 10.8. The molecule has 0 fully saturated rings. The van der Waals surface area contributed by atoms with Crippen LogP contribution in [0, 0.1) is 0 Å². The van der Waals surface area contributed by atoms with Crippen molar-refractivity contribution in [2.24, 2.45) is 9.98 Å². The molecule has 0 heterocycles. The molecule has 0 aliphatic rings. The van der Waals surface area contributed by atoms with E-state index in [0.29, 0.717) is 0 Å². The van der Waals surface area contributed by atoms with Crippen LogP contribution in [0.3, 0.4) is 0 Å². The zero-order valence-electron chi connectivity index (χ0n) is 8.09. The predicted octanol–water partition coefficient (Wildman–Crippen LogP) is 2.98. The van der Waals surface area contributed by atoms with Crippen LogP contribution < -0.4 is 0 Å². The number of hydrogen-bond acceptors (Lipinski definition) is 1. The lowest BCUT2D eigenvalue weighted by Gasteiger charge is -1.95. The van der Waals surface area contributed by atoms with Crippen molar-refractivity contribution in [1.82, 2.24) is 0 Å². The summed E-state index contributed by atoms with van der Waals surface area (Å²) in [7, 11) is 0. The van der Waals surface area contributed by atoms with E-state index in [9.17, 15) is 0 Å². The highest BCUT2D eigenvalue weighted by molar-refractivity contribution is 6.01. The van der Waals surface area contributed by atoms with Gasteiger partial charge < -0.3 is 0 Å². The molecule has 0 aromatic heterocycles. The van der Waals surface area contributed by atoms with Crippen molar-refractivity contribution in [3.63, 3.8) is 0 Å². The molecule has 0 N–H and O–H groups in total. The maximum Gasteiger partial charge on any atom is 0.125 e. The lowest BCUT2D eigenvalue weighted by atomic mass is 10.4. The molecule has 0 bridgehead atoms. The average molecular weight is 164 g/mol. The molecule has 0 amide bonds. The van der Waals surface area contributed by atoms with Crippen LogP contribution >= 0.6 is 0 Å². The van der Waals surface area contributed by atoms with Crippen LogP contribution in [0.4, 0.5) is 0 Å². The van der Waals surface area contributed by atoms with Crippen LogP contribution in [0.15, 0.2) is 34.9 Å². The Morgan fingerprint density at radius 3 is 2.33 bits per heavy atom. The van der Waals surface area contributed by atoms with E-state index in [-0.39, 0.29) is 0 Å². The minimum atomic E-state index is 0.735. The van der Waals surface area contributed by atoms with Gasteiger partial charge in [0.15, 0.2) is 0 Å². The summed E-state index contributed by atoms with van der Waals surface area (Å²) in [4.78, 5) is 8.34. The Morgan fingerprint density at radius 2 is 1.92 bits per heavy atom. The summed E-state index contributed by atoms with van der Waals surface area (Å²) in [6, 6.07) is 0. The SMILES string of the molecule is C=CC(C)=NC(C)=NC(=C)CC. The van der Waals surface area contributed by atoms with Gasteiger partial charge in [0, 0.05) is 11.4 Å². The maximum absolute atomic E-state index is 4.17.